The van der Waals surface area contributed by atoms with Crippen LogP contribution in [0.4, 0.5) is 5.69 Å². The Kier molecular flexibility index (Phi) is 5.10. The number of sulfonamides is 1. The van der Waals surface area contributed by atoms with Crippen LogP contribution >= 0.6 is 0 Å². The van der Waals surface area contributed by atoms with Crippen LogP contribution in [0, 0.1) is 17.2 Å². The first-order valence-electron chi connectivity index (χ1n) is 9.07. The molecular formula is C19H23N3O5S. The molecule has 150 valence electrons. The Morgan fingerprint density at radius 2 is 2.07 bits per heavy atom. The molecule has 1 amide bonds. The van der Waals surface area contributed by atoms with E-state index in [-0.39, 0.29) is 17.5 Å². The lowest BCUT2D eigenvalue weighted by Crippen LogP contribution is -2.48. The van der Waals surface area contributed by atoms with Gasteiger partial charge >= 0.3 is 5.97 Å². The average Bonchev–Trinajstić information content (AvgIpc) is 3.40. The topological polar surface area (TPSA) is 117 Å². The predicted molar refractivity (Wildman–Crippen MR) is 102 cm³/mol. The van der Waals surface area contributed by atoms with Crippen molar-refractivity contribution in [3.63, 3.8) is 0 Å². The van der Waals surface area contributed by atoms with Crippen molar-refractivity contribution in [3.8, 4) is 6.07 Å². The molecule has 0 saturated heterocycles. The van der Waals surface area contributed by atoms with E-state index < -0.39 is 34.0 Å². The molecule has 1 saturated carbocycles. The van der Waals surface area contributed by atoms with Gasteiger partial charge in [0.2, 0.25) is 10.0 Å². The Balaban J connectivity index is 1.64. The van der Waals surface area contributed by atoms with Crippen LogP contribution in [-0.4, -0.2) is 44.7 Å². The molecule has 0 aromatic heterocycles. The van der Waals surface area contributed by atoms with Crippen molar-refractivity contribution in [2.24, 2.45) is 5.92 Å². The fraction of sp³-hybridized carbons (Fsp3) is 0.526. The van der Waals surface area contributed by atoms with Crippen LogP contribution in [0.15, 0.2) is 18.2 Å². The second-order valence-electron chi connectivity index (χ2n) is 7.67. The molecule has 1 aliphatic carbocycles. The Labute approximate surface area is 164 Å². The van der Waals surface area contributed by atoms with Crippen molar-refractivity contribution >= 4 is 27.6 Å². The molecule has 3 rings (SSSR count). The number of amides is 1. The number of rotatable bonds is 6. The zero-order valence-corrected chi connectivity index (χ0v) is 16.9. The van der Waals surface area contributed by atoms with E-state index in [2.05, 4.69) is 11.4 Å². The summed E-state index contributed by atoms with van der Waals surface area (Å²) in [6.45, 7) is 2.99. The average molecular weight is 405 g/mol. The summed E-state index contributed by atoms with van der Waals surface area (Å²) in [5.41, 5.74) is 0.600. The number of anilines is 1. The quantitative estimate of drug-likeness (QED) is 0.715. The van der Waals surface area contributed by atoms with Gasteiger partial charge in [-0.1, -0.05) is 0 Å². The van der Waals surface area contributed by atoms with E-state index in [0.717, 1.165) is 24.7 Å². The molecule has 9 heteroatoms. The number of nitrogens with one attached hydrogen (secondary N) is 1. The van der Waals surface area contributed by atoms with Gasteiger partial charge in [0.1, 0.15) is 5.54 Å². The van der Waals surface area contributed by atoms with E-state index >= 15 is 0 Å². The number of carbonyl (C=O) groups is 2. The third-order valence-corrected chi connectivity index (χ3v) is 6.46. The Morgan fingerprint density at radius 3 is 2.64 bits per heavy atom. The maximum absolute atomic E-state index is 12.3. The maximum Gasteiger partial charge on any atom is 0.338 e. The molecule has 8 nitrogen and oxygen atoms in total. The normalized spacial score (nSPS) is 20.6. The predicted octanol–water partition coefficient (Wildman–Crippen LogP) is 1.36. The third kappa shape index (κ3) is 3.97. The largest absolute Gasteiger partial charge is 0.452 e. The summed E-state index contributed by atoms with van der Waals surface area (Å²) in [4.78, 5) is 24.3. The summed E-state index contributed by atoms with van der Waals surface area (Å²) >= 11 is 0. The minimum atomic E-state index is -3.40. The number of nitriles is 1. The number of fused-ring (bicyclic) bond motifs is 1. The van der Waals surface area contributed by atoms with Gasteiger partial charge in [-0.3, -0.25) is 9.10 Å². The Morgan fingerprint density at radius 1 is 1.39 bits per heavy atom. The van der Waals surface area contributed by atoms with Crippen LogP contribution in [0.25, 0.3) is 0 Å². The second kappa shape index (κ2) is 7.09. The van der Waals surface area contributed by atoms with Crippen LogP contribution in [0.2, 0.25) is 0 Å². The molecule has 1 aromatic rings. The second-order valence-corrected chi connectivity index (χ2v) is 9.53. The lowest BCUT2D eigenvalue weighted by molar-refractivity contribution is -0.125. The van der Waals surface area contributed by atoms with Crippen LogP contribution in [0.1, 0.15) is 42.6 Å². The van der Waals surface area contributed by atoms with E-state index in [0.29, 0.717) is 12.1 Å². The van der Waals surface area contributed by atoms with Gasteiger partial charge in [0.15, 0.2) is 6.61 Å². The fourth-order valence-corrected chi connectivity index (χ4v) is 4.92. The molecule has 0 bridgehead atoms. The third-order valence-electron chi connectivity index (χ3n) is 5.19. The molecule has 1 fully saturated rings. The van der Waals surface area contributed by atoms with Crippen molar-refractivity contribution in [2.45, 2.75) is 44.7 Å². The summed E-state index contributed by atoms with van der Waals surface area (Å²) in [6.07, 6.45) is 3.42. The summed E-state index contributed by atoms with van der Waals surface area (Å²) in [7, 11) is -3.40. The van der Waals surface area contributed by atoms with Crippen molar-refractivity contribution in [3.05, 3.63) is 29.3 Å². The molecule has 1 aromatic carbocycles. The number of nitrogens with zero attached hydrogens (tertiary/aromatic N) is 2. The van der Waals surface area contributed by atoms with E-state index in [1.807, 2.05) is 0 Å². The van der Waals surface area contributed by atoms with Gasteiger partial charge in [0.05, 0.1) is 23.6 Å². The number of carbonyl (C=O) groups excluding carboxylic acids is 2. The van der Waals surface area contributed by atoms with Gasteiger partial charge in [-0.2, -0.15) is 5.26 Å². The first-order chi connectivity index (χ1) is 13.0. The fourth-order valence-electron chi connectivity index (χ4n) is 3.66. The van der Waals surface area contributed by atoms with Crippen molar-refractivity contribution in [2.75, 3.05) is 17.2 Å². The molecule has 0 spiro atoms. The molecule has 1 aliphatic heterocycles. The Bertz CT molecular complexity index is 964. The zero-order valence-electron chi connectivity index (χ0n) is 16.1. The lowest BCUT2D eigenvalue weighted by Gasteiger charge is -2.22. The van der Waals surface area contributed by atoms with Crippen LogP contribution < -0.4 is 9.62 Å². The number of hydrogen-bond acceptors (Lipinski definition) is 6. The highest BCUT2D eigenvalue weighted by Gasteiger charge is 2.43. The van der Waals surface area contributed by atoms with E-state index in [1.165, 1.54) is 10.4 Å². The highest BCUT2D eigenvalue weighted by molar-refractivity contribution is 7.92. The maximum atomic E-state index is 12.3. The Hall–Kier alpha value is -2.60. The van der Waals surface area contributed by atoms with E-state index in [4.69, 9.17) is 4.74 Å². The molecule has 0 radical (unpaired) electrons. The molecule has 1 N–H and O–H groups in total. The van der Waals surface area contributed by atoms with Gasteiger partial charge in [0, 0.05) is 6.04 Å². The highest BCUT2D eigenvalue weighted by atomic mass is 32.2. The number of benzene rings is 1. The van der Waals surface area contributed by atoms with Gasteiger partial charge in [-0.25, -0.2) is 13.2 Å². The summed E-state index contributed by atoms with van der Waals surface area (Å²) in [5.74, 6) is -1.07. The number of esters is 1. The SMILES string of the molecule is C[C@H]1Cc2cc(C(=O)OCC(=O)N[C@@](C)(C#N)C3CC3)ccc2N1S(C)(=O)=O. The highest BCUT2D eigenvalue weighted by Crippen LogP contribution is 2.39. The molecule has 1 heterocycles. The van der Waals surface area contributed by atoms with Crippen molar-refractivity contribution in [1.82, 2.24) is 5.32 Å². The first-order valence-corrected chi connectivity index (χ1v) is 10.9. The lowest BCUT2D eigenvalue weighted by atomic mass is 9.98. The van der Waals surface area contributed by atoms with Gasteiger partial charge in [0.25, 0.3) is 5.91 Å². The molecule has 0 unspecified atom stereocenters. The molecular weight excluding hydrogens is 382 g/mol. The zero-order chi connectivity index (χ0) is 20.7. The van der Waals surface area contributed by atoms with Crippen LogP contribution in [0.3, 0.4) is 0 Å². The minimum Gasteiger partial charge on any atom is -0.452 e. The minimum absolute atomic E-state index is 0.133. The number of hydrogen-bond donors (Lipinski definition) is 1. The van der Waals surface area contributed by atoms with Gasteiger partial charge < -0.3 is 10.1 Å². The number of ether oxygens (including phenoxy) is 1. The van der Waals surface area contributed by atoms with E-state index in [1.54, 1.807) is 26.0 Å². The summed E-state index contributed by atoms with van der Waals surface area (Å²) < 4.78 is 30.3. The standard InChI is InChI=1S/C19H23N3O5S/c1-12-8-14-9-13(4-7-16(14)22(12)28(3,25)26)18(24)27-10-17(23)21-19(2,11-20)15-5-6-15/h4,7,9,12,15H,5-6,8,10H2,1-3H3,(H,21,23)/t12-,19-/m0/s1. The van der Waals surface area contributed by atoms with Gasteiger partial charge in [-0.15, -0.1) is 0 Å². The van der Waals surface area contributed by atoms with Crippen LogP contribution in [-0.2, 0) is 26.0 Å². The molecule has 28 heavy (non-hydrogen) atoms. The smallest absolute Gasteiger partial charge is 0.338 e. The van der Waals surface area contributed by atoms with Crippen LogP contribution in [0.5, 0.6) is 0 Å². The first kappa shape index (κ1) is 20.1. The van der Waals surface area contributed by atoms with Gasteiger partial charge in [-0.05, 0) is 62.8 Å². The summed E-state index contributed by atoms with van der Waals surface area (Å²) in [5, 5.41) is 11.9. The summed E-state index contributed by atoms with van der Waals surface area (Å²) in [6, 6.07) is 6.55. The van der Waals surface area contributed by atoms with Crippen molar-refractivity contribution < 1.29 is 22.7 Å². The monoisotopic (exact) mass is 405 g/mol. The molecule has 2 aliphatic rings. The molecule has 2 atom stereocenters. The van der Waals surface area contributed by atoms with Crippen molar-refractivity contribution in [1.29, 1.82) is 5.26 Å². The van der Waals surface area contributed by atoms with E-state index in [9.17, 15) is 23.3 Å².